The summed E-state index contributed by atoms with van der Waals surface area (Å²) in [7, 11) is 1.77. The average Bonchev–Trinajstić information content (AvgIpc) is 3.60. The van der Waals surface area contributed by atoms with Gasteiger partial charge < -0.3 is 9.64 Å². The molecule has 1 fully saturated rings. The Labute approximate surface area is 230 Å². The third kappa shape index (κ3) is 5.16. The number of fused-ring (bicyclic) bond motifs is 1. The fourth-order valence-electron chi connectivity index (χ4n) is 4.92. The van der Waals surface area contributed by atoms with Gasteiger partial charge in [-0.15, -0.1) is 21.5 Å². The summed E-state index contributed by atoms with van der Waals surface area (Å²) in [6.07, 6.45) is 1.41. The summed E-state index contributed by atoms with van der Waals surface area (Å²) < 4.78 is 6.41. The zero-order valence-corrected chi connectivity index (χ0v) is 22.3. The van der Waals surface area contributed by atoms with Crippen LogP contribution in [-0.2, 0) is 7.05 Å². The first-order chi connectivity index (χ1) is 19.1. The number of amides is 1. The fraction of sp³-hybridized carbons (Fsp3) is 0.207. The molecule has 1 saturated heterocycles. The second kappa shape index (κ2) is 10.8. The van der Waals surface area contributed by atoms with Crippen LogP contribution in [0.15, 0.2) is 85.6 Å². The molecule has 1 atom stereocenters. The van der Waals surface area contributed by atoms with Crippen LogP contribution in [0.1, 0.15) is 27.8 Å². The minimum atomic E-state index is -0.114. The molecule has 39 heavy (non-hydrogen) atoms. The van der Waals surface area contributed by atoms with Crippen LogP contribution in [0, 0.1) is 0 Å². The first kappa shape index (κ1) is 24.9. The monoisotopic (exact) mass is 537 g/mol. The Bertz CT molecular complexity index is 1620. The van der Waals surface area contributed by atoms with Crippen LogP contribution in [0.2, 0.25) is 0 Å². The summed E-state index contributed by atoms with van der Waals surface area (Å²) in [5, 5.41) is 13.7. The molecule has 0 spiro atoms. The Balaban J connectivity index is 1.18. The maximum atomic E-state index is 13.5. The van der Waals surface area contributed by atoms with Crippen LogP contribution in [0.3, 0.4) is 0 Å². The fourth-order valence-corrected chi connectivity index (χ4v) is 5.91. The average molecular weight is 538 g/mol. The number of aryl methyl sites for hydroxylation is 1. The number of hydrogen-bond acceptors (Lipinski definition) is 8. The molecule has 0 aliphatic carbocycles. The summed E-state index contributed by atoms with van der Waals surface area (Å²) >= 11 is 1.57. The van der Waals surface area contributed by atoms with E-state index < -0.39 is 0 Å². The van der Waals surface area contributed by atoms with Crippen molar-refractivity contribution >= 4 is 27.5 Å². The van der Waals surface area contributed by atoms with E-state index in [9.17, 15) is 4.79 Å². The summed E-state index contributed by atoms with van der Waals surface area (Å²) in [4.78, 5) is 24.0. The van der Waals surface area contributed by atoms with Gasteiger partial charge in [0.1, 0.15) is 10.8 Å². The molecule has 5 aromatic rings. The number of benzene rings is 3. The van der Waals surface area contributed by atoms with Crippen LogP contribution in [0.5, 0.6) is 5.75 Å². The van der Waals surface area contributed by atoms with Crippen molar-refractivity contribution in [2.75, 3.05) is 26.2 Å². The number of nitrogens with zero attached hydrogens (tertiary/aromatic N) is 7. The van der Waals surface area contributed by atoms with Crippen molar-refractivity contribution in [2.45, 2.75) is 6.04 Å². The number of piperazine rings is 1. The molecular formula is C29H27N7O2S. The zero-order chi connectivity index (χ0) is 26.8. The lowest BCUT2D eigenvalue weighted by Crippen LogP contribution is -2.50. The largest absolute Gasteiger partial charge is 0.466 e. The maximum Gasteiger partial charge on any atom is 0.253 e. The highest BCUT2D eigenvalue weighted by molar-refractivity contribution is 7.21. The van der Waals surface area contributed by atoms with E-state index in [-0.39, 0.29) is 11.9 Å². The number of carbonyl (C=O) groups excluding carboxylic acids is 1. The van der Waals surface area contributed by atoms with Gasteiger partial charge >= 0.3 is 0 Å². The van der Waals surface area contributed by atoms with Crippen molar-refractivity contribution in [3.63, 3.8) is 0 Å². The van der Waals surface area contributed by atoms with E-state index in [0.29, 0.717) is 37.6 Å². The molecule has 1 aliphatic heterocycles. The van der Waals surface area contributed by atoms with Crippen LogP contribution in [0.4, 0.5) is 0 Å². The molecule has 9 nitrogen and oxygen atoms in total. The number of ether oxygens (including phenoxy) is 1. The number of hydrogen-bond donors (Lipinski definition) is 0. The Morgan fingerprint density at radius 1 is 1.03 bits per heavy atom. The Morgan fingerprint density at radius 2 is 1.85 bits per heavy atom. The summed E-state index contributed by atoms with van der Waals surface area (Å²) in [6.45, 7) is 6.24. The van der Waals surface area contributed by atoms with Gasteiger partial charge in [0.25, 0.3) is 5.91 Å². The lowest BCUT2D eigenvalue weighted by atomic mass is 10.0. The van der Waals surface area contributed by atoms with E-state index in [0.717, 1.165) is 32.1 Å². The lowest BCUT2D eigenvalue weighted by molar-refractivity contribution is 0.0592. The third-order valence-corrected chi connectivity index (χ3v) is 7.85. The highest BCUT2D eigenvalue weighted by atomic mass is 32.1. The summed E-state index contributed by atoms with van der Waals surface area (Å²) in [5.41, 5.74) is 3.58. The third-order valence-electron chi connectivity index (χ3n) is 6.79. The van der Waals surface area contributed by atoms with Crippen LogP contribution < -0.4 is 4.74 Å². The molecule has 1 amide bonds. The normalized spacial score (nSPS) is 14.8. The van der Waals surface area contributed by atoms with Gasteiger partial charge in [-0.3, -0.25) is 9.69 Å². The molecule has 6 rings (SSSR count). The molecule has 0 radical (unpaired) electrons. The SMILES string of the molecule is C=COc1ccc2nc(-c3cccc(C(=O)N4CCN([C@H](c5ccccc5)c5nnn(C)n5)CC4)c3)sc2c1. The molecule has 3 heterocycles. The van der Waals surface area contributed by atoms with Crippen LogP contribution in [0.25, 0.3) is 20.8 Å². The topological polar surface area (TPSA) is 89.3 Å². The standard InChI is InChI=1S/C29H27N7O2S/c1-3-38-23-12-13-24-25(19-23)39-28(30-24)21-10-7-11-22(18-21)29(37)36-16-14-35(15-17-36)26(20-8-5-4-6-9-20)27-31-33-34(2)32-27/h3-13,18-19,26H,1,14-17H2,2H3/t26-/m1/s1. The molecule has 0 unspecified atom stereocenters. The van der Waals surface area contributed by atoms with E-state index in [1.165, 1.54) is 11.1 Å². The lowest BCUT2D eigenvalue weighted by Gasteiger charge is -2.38. The summed E-state index contributed by atoms with van der Waals surface area (Å²) in [6, 6.07) is 23.6. The molecule has 3 aromatic carbocycles. The van der Waals surface area contributed by atoms with Gasteiger partial charge in [-0.05, 0) is 35.0 Å². The van der Waals surface area contributed by atoms with Crippen molar-refractivity contribution in [3.05, 3.63) is 103 Å². The molecule has 0 N–H and O–H groups in total. The van der Waals surface area contributed by atoms with Crippen molar-refractivity contribution in [1.82, 2.24) is 35.0 Å². The minimum Gasteiger partial charge on any atom is -0.466 e. The van der Waals surface area contributed by atoms with Crippen molar-refractivity contribution in [2.24, 2.45) is 7.05 Å². The van der Waals surface area contributed by atoms with Gasteiger partial charge in [0.2, 0.25) is 0 Å². The Kier molecular flexibility index (Phi) is 6.87. The van der Waals surface area contributed by atoms with E-state index in [4.69, 9.17) is 9.72 Å². The Hall–Kier alpha value is -4.41. The molecule has 1 aliphatic rings. The predicted molar refractivity (Wildman–Crippen MR) is 150 cm³/mol. The number of thiazole rings is 1. The van der Waals surface area contributed by atoms with E-state index in [2.05, 4.69) is 39.0 Å². The molecular weight excluding hydrogens is 510 g/mol. The number of rotatable bonds is 7. The van der Waals surface area contributed by atoms with Crippen molar-refractivity contribution in [1.29, 1.82) is 0 Å². The number of tetrazole rings is 1. The number of carbonyl (C=O) groups is 1. The molecule has 196 valence electrons. The maximum absolute atomic E-state index is 13.5. The highest BCUT2D eigenvalue weighted by Crippen LogP contribution is 2.33. The van der Waals surface area contributed by atoms with E-state index >= 15 is 0 Å². The van der Waals surface area contributed by atoms with E-state index in [1.807, 2.05) is 65.6 Å². The first-order valence-corrected chi connectivity index (χ1v) is 13.5. The first-order valence-electron chi connectivity index (χ1n) is 12.7. The van der Waals surface area contributed by atoms with Gasteiger partial charge in [0, 0.05) is 43.4 Å². The highest BCUT2D eigenvalue weighted by Gasteiger charge is 2.31. The van der Waals surface area contributed by atoms with Crippen LogP contribution >= 0.6 is 11.3 Å². The van der Waals surface area contributed by atoms with Gasteiger partial charge in [-0.2, -0.15) is 4.80 Å². The molecule has 0 bridgehead atoms. The van der Waals surface area contributed by atoms with Crippen molar-refractivity contribution < 1.29 is 9.53 Å². The molecule has 0 saturated carbocycles. The Morgan fingerprint density at radius 3 is 2.59 bits per heavy atom. The second-order valence-electron chi connectivity index (χ2n) is 9.29. The minimum absolute atomic E-state index is 0.0215. The zero-order valence-electron chi connectivity index (χ0n) is 21.5. The van der Waals surface area contributed by atoms with Gasteiger partial charge in [-0.25, -0.2) is 4.98 Å². The van der Waals surface area contributed by atoms with Gasteiger partial charge in [0.05, 0.1) is 29.6 Å². The number of aromatic nitrogens is 5. The quantitative estimate of drug-likeness (QED) is 0.281. The second-order valence-corrected chi connectivity index (χ2v) is 10.3. The van der Waals surface area contributed by atoms with Gasteiger partial charge in [-0.1, -0.05) is 49.0 Å². The van der Waals surface area contributed by atoms with Crippen molar-refractivity contribution in [3.8, 4) is 16.3 Å². The molecule has 2 aromatic heterocycles. The van der Waals surface area contributed by atoms with Crippen LogP contribution in [-0.4, -0.2) is 67.1 Å². The van der Waals surface area contributed by atoms with Gasteiger partial charge in [0.15, 0.2) is 5.82 Å². The summed E-state index contributed by atoms with van der Waals surface area (Å²) in [5.74, 6) is 1.41. The van der Waals surface area contributed by atoms with E-state index in [1.54, 1.807) is 18.4 Å². The predicted octanol–water partition coefficient (Wildman–Crippen LogP) is 4.56. The molecule has 10 heteroatoms. The smallest absolute Gasteiger partial charge is 0.253 e.